The Bertz CT molecular complexity index is 1290. The topological polar surface area (TPSA) is 90.0 Å². The number of carbonyl (C=O) groups is 2. The van der Waals surface area contributed by atoms with Gasteiger partial charge in [0, 0.05) is 49.7 Å². The molecule has 0 bridgehead atoms. The number of carbonyl (C=O) groups excluding carboxylic acids is 2. The van der Waals surface area contributed by atoms with E-state index in [0.29, 0.717) is 41.1 Å². The lowest BCUT2D eigenvalue weighted by molar-refractivity contribution is 0.0792. The monoisotopic (exact) mass is 558 g/mol. The molecule has 0 radical (unpaired) electrons. The highest BCUT2D eigenvalue weighted by molar-refractivity contribution is 7.89. The zero-order valence-electron chi connectivity index (χ0n) is 22.5. The highest BCUT2D eigenvalue weighted by Crippen LogP contribution is 2.38. The summed E-state index contributed by atoms with van der Waals surface area (Å²) in [6, 6.07) is 6.16. The predicted molar refractivity (Wildman–Crippen MR) is 150 cm³/mol. The van der Waals surface area contributed by atoms with Gasteiger partial charge in [0.25, 0.3) is 11.8 Å². The van der Waals surface area contributed by atoms with E-state index in [2.05, 4.69) is 31.0 Å². The van der Waals surface area contributed by atoms with Gasteiger partial charge in [0.2, 0.25) is 10.0 Å². The van der Waals surface area contributed by atoms with Gasteiger partial charge in [-0.25, -0.2) is 8.42 Å². The van der Waals surface area contributed by atoms with Crippen molar-refractivity contribution in [3.05, 3.63) is 45.8 Å². The summed E-state index contributed by atoms with van der Waals surface area (Å²) in [5.74, 6) is 0.302. The fourth-order valence-electron chi connectivity index (χ4n) is 6.02. The Balaban J connectivity index is 1.37. The van der Waals surface area contributed by atoms with E-state index in [0.717, 1.165) is 68.8 Å². The number of nitrogens with one attached hydrogen (secondary N) is 1. The minimum Gasteiger partial charge on any atom is -0.339 e. The van der Waals surface area contributed by atoms with Crippen molar-refractivity contribution in [3.8, 4) is 0 Å². The minimum absolute atomic E-state index is 0.00618. The number of anilines is 1. The lowest BCUT2D eigenvalue weighted by Crippen LogP contribution is -2.42. The number of benzene rings is 1. The third-order valence-electron chi connectivity index (χ3n) is 8.01. The number of nitrogens with zero attached hydrogens (tertiary/aromatic N) is 3. The fourth-order valence-corrected chi connectivity index (χ4v) is 8.98. The van der Waals surface area contributed by atoms with Crippen LogP contribution in [0.4, 0.5) is 5.00 Å². The van der Waals surface area contributed by atoms with Crippen molar-refractivity contribution in [2.45, 2.75) is 57.9 Å². The van der Waals surface area contributed by atoms with E-state index in [4.69, 9.17) is 0 Å². The first-order valence-corrected chi connectivity index (χ1v) is 16.0. The summed E-state index contributed by atoms with van der Waals surface area (Å²) in [5, 5.41) is 3.61. The van der Waals surface area contributed by atoms with Gasteiger partial charge in [-0.15, -0.1) is 11.3 Å². The second-order valence-electron chi connectivity index (χ2n) is 11.1. The highest BCUT2D eigenvalue weighted by atomic mass is 32.2. The van der Waals surface area contributed by atoms with E-state index in [1.54, 1.807) is 16.4 Å². The van der Waals surface area contributed by atoms with Crippen LogP contribution in [0.3, 0.4) is 0 Å². The SMILES string of the molecule is CCN1CCc2c(sc(NC(=O)c3ccc(S(=O)(=O)N4CC(C)CC(C)C4)cc3)c2C(=O)N2CCCC2)C1. The molecule has 3 aliphatic rings. The van der Waals surface area contributed by atoms with Crippen molar-refractivity contribution in [2.75, 3.05) is 44.6 Å². The number of rotatable bonds is 6. The van der Waals surface area contributed by atoms with Gasteiger partial charge in [-0.3, -0.25) is 14.5 Å². The molecule has 8 nitrogen and oxygen atoms in total. The Kier molecular flexibility index (Phi) is 7.96. The molecule has 2 unspecified atom stereocenters. The number of fused-ring (bicyclic) bond motifs is 1. The van der Waals surface area contributed by atoms with Crippen molar-refractivity contribution < 1.29 is 18.0 Å². The van der Waals surface area contributed by atoms with Crippen molar-refractivity contribution >= 4 is 38.2 Å². The second kappa shape index (κ2) is 11.1. The summed E-state index contributed by atoms with van der Waals surface area (Å²) < 4.78 is 28.0. The van der Waals surface area contributed by atoms with Gasteiger partial charge in [-0.05, 0) is 73.9 Å². The van der Waals surface area contributed by atoms with E-state index in [1.165, 1.54) is 23.5 Å². The average molecular weight is 559 g/mol. The number of piperidine rings is 1. The molecule has 2 fully saturated rings. The maximum absolute atomic E-state index is 13.5. The summed E-state index contributed by atoms with van der Waals surface area (Å²) in [7, 11) is -3.62. The quantitative estimate of drug-likeness (QED) is 0.572. The van der Waals surface area contributed by atoms with E-state index >= 15 is 0 Å². The average Bonchev–Trinajstić information content (AvgIpc) is 3.55. The fraction of sp³-hybridized carbons (Fsp3) is 0.571. The number of amides is 2. The molecule has 1 aromatic carbocycles. The van der Waals surface area contributed by atoms with Gasteiger partial charge in [0.05, 0.1) is 10.5 Å². The molecule has 4 heterocycles. The van der Waals surface area contributed by atoms with Crippen LogP contribution in [0, 0.1) is 11.8 Å². The van der Waals surface area contributed by atoms with Crippen molar-refractivity contribution in [2.24, 2.45) is 11.8 Å². The van der Waals surface area contributed by atoms with Crippen LogP contribution < -0.4 is 5.32 Å². The molecule has 1 N–H and O–H groups in total. The number of hydrogen-bond donors (Lipinski definition) is 1. The molecule has 2 aromatic rings. The lowest BCUT2D eigenvalue weighted by Gasteiger charge is -2.34. The molecule has 206 valence electrons. The van der Waals surface area contributed by atoms with Crippen molar-refractivity contribution in [1.82, 2.24) is 14.1 Å². The zero-order valence-corrected chi connectivity index (χ0v) is 24.2. The molecule has 3 aliphatic heterocycles. The molecule has 0 spiro atoms. The van der Waals surface area contributed by atoms with Gasteiger partial charge in [0.15, 0.2) is 0 Å². The first-order chi connectivity index (χ1) is 18.2. The smallest absolute Gasteiger partial charge is 0.257 e. The molecule has 38 heavy (non-hydrogen) atoms. The Morgan fingerprint density at radius 2 is 1.68 bits per heavy atom. The third kappa shape index (κ3) is 5.41. The van der Waals surface area contributed by atoms with Gasteiger partial charge < -0.3 is 10.2 Å². The third-order valence-corrected chi connectivity index (χ3v) is 11.0. The van der Waals surface area contributed by atoms with Crippen LogP contribution in [0.15, 0.2) is 29.2 Å². The van der Waals surface area contributed by atoms with Crippen molar-refractivity contribution in [3.63, 3.8) is 0 Å². The highest BCUT2D eigenvalue weighted by Gasteiger charge is 2.33. The molecule has 2 saturated heterocycles. The Morgan fingerprint density at radius 1 is 1.03 bits per heavy atom. The molecular formula is C28H38N4O4S2. The number of hydrogen-bond acceptors (Lipinski definition) is 6. The maximum atomic E-state index is 13.5. The number of likely N-dealkylation sites (N-methyl/N-ethyl adjacent to an activating group) is 1. The lowest BCUT2D eigenvalue weighted by atomic mass is 9.94. The zero-order chi connectivity index (χ0) is 27.0. The summed E-state index contributed by atoms with van der Waals surface area (Å²) in [6.45, 7) is 11.5. The first kappa shape index (κ1) is 27.3. The maximum Gasteiger partial charge on any atom is 0.257 e. The van der Waals surface area contributed by atoms with Gasteiger partial charge in [-0.1, -0.05) is 20.8 Å². The molecule has 1 aromatic heterocycles. The Labute approximate surface area is 230 Å². The van der Waals surface area contributed by atoms with Gasteiger partial charge in [-0.2, -0.15) is 4.31 Å². The Hall–Kier alpha value is -2.27. The molecule has 0 saturated carbocycles. The van der Waals surface area contributed by atoms with Gasteiger partial charge >= 0.3 is 0 Å². The predicted octanol–water partition coefficient (Wildman–Crippen LogP) is 4.28. The summed E-state index contributed by atoms with van der Waals surface area (Å²) >= 11 is 1.49. The van der Waals surface area contributed by atoms with Crippen LogP contribution >= 0.6 is 11.3 Å². The molecule has 2 atom stereocenters. The number of thiophene rings is 1. The van der Waals surface area contributed by atoms with E-state index in [-0.39, 0.29) is 16.7 Å². The summed E-state index contributed by atoms with van der Waals surface area (Å²) in [5.41, 5.74) is 2.08. The normalized spacial score (nSPS) is 22.9. The van der Waals surface area contributed by atoms with Crippen LogP contribution in [-0.4, -0.2) is 73.6 Å². The van der Waals surface area contributed by atoms with E-state index in [1.807, 2.05) is 4.90 Å². The largest absolute Gasteiger partial charge is 0.339 e. The molecule has 10 heteroatoms. The Morgan fingerprint density at radius 3 is 2.32 bits per heavy atom. The summed E-state index contributed by atoms with van der Waals surface area (Å²) in [6.07, 6.45) is 3.84. The van der Waals surface area contributed by atoms with Gasteiger partial charge in [0.1, 0.15) is 5.00 Å². The van der Waals surface area contributed by atoms with Crippen LogP contribution in [0.5, 0.6) is 0 Å². The van der Waals surface area contributed by atoms with Crippen LogP contribution in [0.25, 0.3) is 0 Å². The van der Waals surface area contributed by atoms with Crippen molar-refractivity contribution in [1.29, 1.82) is 0 Å². The summed E-state index contributed by atoms with van der Waals surface area (Å²) in [4.78, 5) is 32.4. The second-order valence-corrected chi connectivity index (χ2v) is 14.1. The number of sulfonamides is 1. The number of likely N-dealkylation sites (tertiary alicyclic amines) is 1. The van der Waals surface area contributed by atoms with Crippen LogP contribution in [0.1, 0.15) is 71.2 Å². The first-order valence-electron chi connectivity index (χ1n) is 13.7. The molecular weight excluding hydrogens is 520 g/mol. The van der Waals surface area contributed by atoms with Crippen LogP contribution in [-0.2, 0) is 23.0 Å². The molecule has 2 amide bonds. The molecule has 5 rings (SSSR count). The van der Waals surface area contributed by atoms with E-state index < -0.39 is 10.0 Å². The van der Waals surface area contributed by atoms with E-state index in [9.17, 15) is 18.0 Å². The minimum atomic E-state index is -3.62. The van der Waals surface area contributed by atoms with Crippen LogP contribution in [0.2, 0.25) is 0 Å². The molecule has 0 aliphatic carbocycles. The standard InChI is InChI=1S/C28H38N4O4S2/c1-4-30-14-11-23-24(18-30)37-27(25(23)28(34)31-12-5-6-13-31)29-26(33)21-7-9-22(10-8-21)38(35,36)32-16-19(2)15-20(3)17-32/h7-10,19-20H,4-6,11-18H2,1-3H3,(H,29,33).